The number of ketones is 1. The van der Waals surface area contributed by atoms with Crippen LogP contribution in [0.1, 0.15) is 11.3 Å². The van der Waals surface area contributed by atoms with Crippen LogP contribution in [0.25, 0.3) is 0 Å². The number of rotatable bonds is 8. The van der Waals surface area contributed by atoms with Crippen LogP contribution in [0, 0.1) is 0 Å². The molecule has 0 unspecified atom stereocenters. The molecule has 0 amide bonds. The molecule has 0 saturated carbocycles. The van der Waals surface area contributed by atoms with Crippen molar-refractivity contribution in [1.82, 2.24) is 14.8 Å². The number of fused-ring (bicyclic) bond motifs is 1. The van der Waals surface area contributed by atoms with E-state index in [2.05, 4.69) is 4.98 Å². The van der Waals surface area contributed by atoms with Gasteiger partial charge in [0.2, 0.25) is 6.79 Å². The minimum Gasteiger partial charge on any atom is -0.453 e. The predicted octanol–water partition coefficient (Wildman–Crippen LogP) is 1.67. The second-order valence-corrected chi connectivity index (χ2v) is 9.82. The lowest BCUT2D eigenvalue weighted by atomic mass is 10.2. The van der Waals surface area contributed by atoms with Crippen LogP contribution in [0.2, 0.25) is 0 Å². The summed E-state index contributed by atoms with van der Waals surface area (Å²) in [4.78, 5) is 20.2. The number of sulfone groups is 1. The van der Waals surface area contributed by atoms with Crippen molar-refractivity contribution >= 4 is 50.0 Å². The molecule has 1 aliphatic rings. The first kappa shape index (κ1) is 23.0. The van der Waals surface area contributed by atoms with Crippen LogP contribution >= 0.6 is 24.4 Å². The van der Waals surface area contributed by atoms with Crippen LogP contribution in [-0.4, -0.2) is 78.0 Å². The van der Waals surface area contributed by atoms with E-state index in [1.165, 1.54) is 18.1 Å². The zero-order valence-electron chi connectivity index (χ0n) is 17.0. The maximum absolute atomic E-state index is 12.6. The summed E-state index contributed by atoms with van der Waals surface area (Å²) in [7, 11) is -0.551. The lowest BCUT2D eigenvalue weighted by molar-refractivity contribution is -0.116. The van der Waals surface area contributed by atoms with Gasteiger partial charge in [-0.05, 0) is 0 Å². The molecule has 31 heavy (non-hydrogen) atoms. The second kappa shape index (κ2) is 9.67. The Morgan fingerprint density at radius 1 is 1.06 bits per heavy atom. The van der Waals surface area contributed by atoms with Gasteiger partial charge in [-0.15, -0.1) is 0 Å². The van der Waals surface area contributed by atoms with E-state index >= 15 is 0 Å². The molecule has 1 aliphatic heterocycles. The zero-order chi connectivity index (χ0) is 22.6. The number of hydrogen-bond acceptors (Lipinski definition) is 8. The van der Waals surface area contributed by atoms with Gasteiger partial charge in [-0.2, -0.15) is 0 Å². The van der Waals surface area contributed by atoms with Gasteiger partial charge in [-0.1, -0.05) is 54.8 Å². The molecule has 0 aliphatic carbocycles. The fourth-order valence-corrected chi connectivity index (χ4v) is 4.79. The van der Waals surface area contributed by atoms with Gasteiger partial charge in [0, 0.05) is 25.7 Å². The second-order valence-electron chi connectivity index (χ2n) is 7.01. The number of pyridine rings is 1. The number of hydrogen-bond donors (Lipinski definition) is 0. The Balaban J connectivity index is 1.56. The van der Waals surface area contributed by atoms with E-state index in [1.807, 2.05) is 30.3 Å². The number of carbonyl (C=O) groups is 1. The van der Waals surface area contributed by atoms with E-state index in [4.69, 9.17) is 33.9 Å². The van der Waals surface area contributed by atoms with Crippen molar-refractivity contribution in [3.05, 3.63) is 53.9 Å². The molecule has 3 rings (SSSR count). The van der Waals surface area contributed by atoms with Gasteiger partial charge in [0.15, 0.2) is 27.1 Å². The van der Waals surface area contributed by atoms with E-state index < -0.39 is 27.3 Å². The molecule has 0 N–H and O–H groups in total. The molecular weight excluding hydrogens is 458 g/mol. The number of benzene rings is 1. The summed E-state index contributed by atoms with van der Waals surface area (Å²) in [6, 6.07) is 10.8. The SMILES string of the molecule is CN(CC(=O)CS(=O)(=O)CN(C)C(=S)c1cc2c(cn1)OCO2)C(=S)c1ccccc1. The number of Topliss-reactive ketones (excluding diaryl/α,β-unsaturated/α-hetero) is 1. The minimum atomic E-state index is -3.75. The molecule has 0 fully saturated rings. The van der Waals surface area contributed by atoms with Gasteiger partial charge in [0.05, 0.1) is 12.7 Å². The fraction of sp³-hybridized carbons (Fsp3) is 0.300. The Hall–Kier alpha value is -2.63. The number of likely N-dealkylation sites (N-methyl/N-ethyl adjacent to an activating group) is 1. The Bertz CT molecular complexity index is 1110. The summed E-state index contributed by atoms with van der Waals surface area (Å²) in [6.07, 6.45) is 1.47. The molecule has 11 heteroatoms. The standard InChI is InChI=1S/C20H21N3O5S3/c1-22(19(29)14-6-4-3-5-7-14)10-15(24)11-31(25,26)12-23(2)20(30)16-8-17-18(9-21-16)28-13-27-17/h3-9H,10-13H2,1-2H3. The van der Waals surface area contributed by atoms with Gasteiger partial charge < -0.3 is 19.3 Å². The molecular formula is C20H21N3O5S3. The topological polar surface area (TPSA) is 89.0 Å². The summed E-state index contributed by atoms with van der Waals surface area (Å²) in [5.74, 6) is -0.487. The highest BCUT2D eigenvalue weighted by atomic mass is 32.2. The van der Waals surface area contributed by atoms with E-state index in [0.717, 1.165) is 5.56 Å². The van der Waals surface area contributed by atoms with E-state index in [9.17, 15) is 13.2 Å². The van der Waals surface area contributed by atoms with Crippen LogP contribution in [-0.2, 0) is 14.6 Å². The normalized spacial score (nSPS) is 12.3. The molecule has 1 aromatic heterocycles. The van der Waals surface area contributed by atoms with Crippen molar-refractivity contribution in [3.63, 3.8) is 0 Å². The Labute approximate surface area is 191 Å². The molecule has 2 aromatic rings. The van der Waals surface area contributed by atoms with Crippen molar-refractivity contribution in [1.29, 1.82) is 0 Å². The molecule has 0 saturated heterocycles. The Morgan fingerprint density at radius 2 is 1.74 bits per heavy atom. The molecule has 0 radical (unpaired) electrons. The number of aromatic nitrogens is 1. The number of nitrogens with zero attached hydrogens (tertiary/aromatic N) is 3. The highest BCUT2D eigenvalue weighted by molar-refractivity contribution is 7.92. The van der Waals surface area contributed by atoms with Crippen molar-refractivity contribution < 1.29 is 22.7 Å². The molecule has 0 bridgehead atoms. The van der Waals surface area contributed by atoms with Crippen LogP contribution in [0.15, 0.2) is 42.6 Å². The summed E-state index contributed by atoms with van der Waals surface area (Å²) in [5.41, 5.74) is 1.17. The van der Waals surface area contributed by atoms with Crippen molar-refractivity contribution in [3.8, 4) is 11.5 Å². The zero-order valence-corrected chi connectivity index (χ0v) is 19.4. The molecule has 1 aromatic carbocycles. The monoisotopic (exact) mass is 479 g/mol. The summed E-state index contributed by atoms with van der Waals surface area (Å²) < 4.78 is 35.6. The average molecular weight is 480 g/mol. The van der Waals surface area contributed by atoms with Crippen LogP contribution in [0.3, 0.4) is 0 Å². The average Bonchev–Trinajstić information content (AvgIpc) is 3.20. The van der Waals surface area contributed by atoms with Crippen LogP contribution in [0.5, 0.6) is 11.5 Å². The molecule has 164 valence electrons. The first-order valence-corrected chi connectivity index (χ1v) is 11.8. The van der Waals surface area contributed by atoms with Gasteiger partial charge in [-0.3, -0.25) is 4.79 Å². The maximum Gasteiger partial charge on any atom is 0.231 e. The third kappa shape index (κ3) is 5.96. The highest BCUT2D eigenvalue weighted by Gasteiger charge is 2.24. The van der Waals surface area contributed by atoms with Crippen LogP contribution < -0.4 is 9.47 Å². The first-order chi connectivity index (χ1) is 14.7. The quantitative estimate of drug-likeness (QED) is 0.521. The number of thiocarbonyl (C=S) groups is 2. The highest BCUT2D eigenvalue weighted by Crippen LogP contribution is 2.31. The van der Waals surface area contributed by atoms with Gasteiger partial charge in [0.1, 0.15) is 27.3 Å². The van der Waals surface area contributed by atoms with Gasteiger partial charge >= 0.3 is 0 Å². The third-order valence-electron chi connectivity index (χ3n) is 4.38. The smallest absolute Gasteiger partial charge is 0.231 e. The molecule has 0 spiro atoms. The summed E-state index contributed by atoms with van der Waals surface area (Å²) >= 11 is 10.7. The van der Waals surface area contributed by atoms with E-state index in [1.54, 1.807) is 18.0 Å². The minimum absolute atomic E-state index is 0.0989. The van der Waals surface area contributed by atoms with Crippen molar-refractivity contribution in [2.75, 3.05) is 39.1 Å². The number of ether oxygens (including phenoxy) is 2. The maximum atomic E-state index is 12.6. The first-order valence-electron chi connectivity index (χ1n) is 9.20. The lowest BCUT2D eigenvalue weighted by Gasteiger charge is -2.21. The van der Waals surface area contributed by atoms with Gasteiger partial charge in [0.25, 0.3) is 0 Å². The van der Waals surface area contributed by atoms with Gasteiger partial charge in [-0.25, -0.2) is 13.4 Å². The number of carbonyl (C=O) groups excluding carboxylic acids is 1. The van der Waals surface area contributed by atoms with Crippen molar-refractivity contribution in [2.24, 2.45) is 0 Å². The Morgan fingerprint density at radius 3 is 2.45 bits per heavy atom. The molecule has 8 nitrogen and oxygen atoms in total. The van der Waals surface area contributed by atoms with Crippen molar-refractivity contribution in [2.45, 2.75) is 0 Å². The fourth-order valence-electron chi connectivity index (χ4n) is 2.94. The summed E-state index contributed by atoms with van der Waals surface area (Å²) in [5, 5.41) is 0. The summed E-state index contributed by atoms with van der Waals surface area (Å²) in [6.45, 7) is -0.00739. The van der Waals surface area contributed by atoms with Crippen LogP contribution in [0.4, 0.5) is 0 Å². The van der Waals surface area contributed by atoms with E-state index in [-0.39, 0.29) is 18.3 Å². The molecule has 2 heterocycles. The predicted molar refractivity (Wildman–Crippen MR) is 124 cm³/mol. The lowest BCUT2D eigenvalue weighted by Crippen LogP contribution is -2.38. The Kier molecular flexibility index (Phi) is 7.19. The molecule has 0 atom stereocenters. The van der Waals surface area contributed by atoms with E-state index in [0.29, 0.717) is 22.2 Å². The largest absolute Gasteiger partial charge is 0.453 e. The third-order valence-corrected chi connectivity index (χ3v) is 6.99.